The number of ether oxygens (including phenoxy) is 1. The maximum Gasteiger partial charge on any atom is 0.276 e. The van der Waals surface area contributed by atoms with Gasteiger partial charge in [0.05, 0.1) is 19.3 Å². The number of carbonyl (C=O) groups excluding carboxylic acids is 6. The Bertz CT molecular complexity index is 2090. The summed E-state index contributed by atoms with van der Waals surface area (Å²) in [6, 6.07) is 9.33. The van der Waals surface area contributed by atoms with E-state index in [9.17, 15) is 28.8 Å². The molecule has 2 aromatic carbocycles. The van der Waals surface area contributed by atoms with E-state index < -0.39 is 72.2 Å². The van der Waals surface area contributed by atoms with E-state index in [0.717, 1.165) is 16.5 Å². The monoisotopic (exact) mass is 798 g/mol. The number of aromatic nitrogens is 4. The van der Waals surface area contributed by atoms with Crippen molar-refractivity contribution in [3.05, 3.63) is 77.2 Å². The number of H-pyrrole nitrogens is 2. The number of amides is 6. The zero-order valence-electron chi connectivity index (χ0n) is 34.0. The molecule has 1 saturated heterocycles. The van der Waals surface area contributed by atoms with Crippen LogP contribution in [0.5, 0.6) is 5.75 Å². The number of aromatic amines is 2. The van der Waals surface area contributed by atoms with Crippen LogP contribution >= 0.6 is 0 Å². The van der Waals surface area contributed by atoms with E-state index in [1.807, 2.05) is 52.0 Å². The number of hydrogen-bond acceptors (Lipinski definition) is 9. The number of methoxy groups -OCH3 is 1. The lowest BCUT2D eigenvalue weighted by atomic mass is 9.99. The molecule has 0 spiro atoms. The Morgan fingerprint density at radius 3 is 2.12 bits per heavy atom. The summed E-state index contributed by atoms with van der Waals surface area (Å²) in [5.74, 6) is -3.39. The Labute approximate surface area is 337 Å². The van der Waals surface area contributed by atoms with Crippen molar-refractivity contribution in [2.45, 2.75) is 91.0 Å². The van der Waals surface area contributed by atoms with Crippen molar-refractivity contribution in [1.29, 1.82) is 0 Å². The highest BCUT2D eigenvalue weighted by Gasteiger charge is 2.34. The fourth-order valence-electron chi connectivity index (χ4n) is 6.80. The Morgan fingerprint density at radius 2 is 1.47 bits per heavy atom. The Morgan fingerprint density at radius 1 is 0.810 bits per heavy atom. The van der Waals surface area contributed by atoms with Crippen LogP contribution in [0.2, 0.25) is 0 Å². The van der Waals surface area contributed by atoms with Crippen molar-refractivity contribution in [3.63, 3.8) is 0 Å². The van der Waals surface area contributed by atoms with Crippen LogP contribution in [-0.2, 0) is 36.8 Å². The van der Waals surface area contributed by atoms with Crippen molar-refractivity contribution in [1.82, 2.24) is 51.9 Å². The number of benzene rings is 2. The first-order valence-electron chi connectivity index (χ1n) is 19.5. The average molecular weight is 799 g/mol. The van der Waals surface area contributed by atoms with E-state index in [1.165, 1.54) is 18.9 Å². The van der Waals surface area contributed by atoms with Crippen LogP contribution in [0.1, 0.15) is 68.3 Å². The van der Waals surface area contributed by atoms with Crippen LogP contribution in [0, 0.1) is 18.8 Å². The Hall–Kier alpha value is -6.26. The van der Waals surface area contributed by atoms with E-state index in [2.05, 4.69) is 47.0 Å². The van der Waals surface area contributed by atoms with Crippen LogP contribution in [0.25, 0.3) is 10.9 Å². The lowest BCUT2D eigenvalue weighted by molar-refractivity contribution is -0.135. The van der Waals surface area contributed by atoms with Crippen LogP contribution < -0.4 is 31.3 Å². The van der Waals surface area contributed by atoms with Gasteiger partial charge >= 0.3 is 0 Å². The van der Waals surface area contributed by atoms with Gasteiger partial charge in [-0.05, 0) is 61.4 Å². The van der Waals surface area contributed by atoms with E-state index in [1.54, 1.807) is 37.4 Å². The summed E-state index contributed by atoms with van der Waals surface area (Å²) in [5, 5.41) is 25.5. The standard InChI is InChI=1S/C41H54N10O7/c1-22(2)16-31-39(55)46-32(17-26-12-14-28(58-7)15-13-26)38(54)43-25(6)37(53)47-34(23(3)4)20-51(41(57)36-24(5)48-50-49-36)21-35(52)44-33(40(56)45-31)18-27-19-42-30-11-9-8-10-29(27)30/h8-15,19,22-23,25,31-34,42H,16-18,20-21H2,1-7H3,(H,43,54)(H,44,52)(H,45,56)(H,46,55)(H,47,53)(H,48,49,50)/t25-,31+,32+,33-,34-/m1/s1. The molecule has 0 aliphatic carbocycles. The molecule has 1 fully saturated rings. The molecule has 6 amide bonds. The van der Waals surface area contributed by atoms with Crippen LogP contribution in [0.15, 0.2) is 54.7 Å². The minimum atomic E-state index is -1.20. The summed E-state index contributed by atoms with van der Waals surface area (Å²) in [7, 11) is 1.54. The predicted octanol–water partition coefficient (Wildman–Crippen LogP) is 1.69. The van der Waals surface area contributed by atoms with Crippen LogP contribution in [0.3, 0.4) is 0 Å². The Balaban J connectivity index is 1.55. The first-order valence-corrected chi connectivity index (χ1v) is 19.5. The molecule has 17 nitrogen and oxygen atoms in total. The van der Waals surface area contributed by atoms with Crippen LogP contribution in [0.4, 0.5) is 0 Å². The fourth-order valence-corrected chi connectivity index (χ4v) is 6.80. The van der Waals surface area contributed by atoms with Gasteiger partial charge < -0.3 is 41.2 Å². The first kappa shape index (κ1) is 42.9. The second-order valence-corrected chi connectivity index (χ2v) is 15.5. The van der Waals surface area contributed by atoms with Gasteiger partial charge in [0.2, 0.25) is 29.5 Å². The van der Waals surface area contributed by atoms with Crippen molar-refractivity contribution >= 4 is 46.3 Å². The first-order chi connectivity index (χ1) is 27.6. The number of para-hydroxylation sites is 1. The summed E-state index contributed by atoms with van der Waals surface area (Å²) in [4.78, 5) is 88.7. The van der Waals surface area contributed by atoms with Gasteiger partial charge in [-0.25, -0.2) is 0 Å². The smallest absolute Gasteiger partial charge is 0.276 e. The van der Waals surface area contributed by atoms with Crippen molar-refractivity contribution in [2.24, 2.45) is 11.8 Å². The van der Waals surface area contributed by atoms with Gasteiger partial charge in [-0.15, -0.1) is 0 Å². The summed E-state index contributed by atoms with van der Waals surface area (Å²) in [6.07, 6.45) is 2.07. The second-order valence-electron chi connectivity index (χ2n) is 15.5. The molecule has 17 heteroatoms. The van der Waals surface area contributed by atoms with Gasteiger partial charge in [-0.3, -0.25) is 28.8 Å². The molecule has 5 rings (SSSR count). The topological polar surface area (TPSA) is 232 Å². The highest BCUT2D eigenvalue weighted by molar-refractivity contribution is 5.98. The van der Waals surface area contributed by atoms with Gasteiger partial charge in [-0.1, -0.05) is 58.0 Å². The number of aryl methyl sites for hydroxylation is 1. The zero-order valence-corrected chi connectivity index (χ0v) is 34.0. The van der Waals surface area contributed by atoms with Gasteiger partial charge in [-0.2, -0.15) is 15.4 Å². The van der Waals surface area contributed by atoms with E-state index in [-0.39, 0.29) is 43.3 Å². The van der Waals surface area contributed by atoms with Crippen molar-refractivity contribution < 1.29 is 33.5 Å². The second kappa shape index (κ2) is 19.3. The van der Waals surface area contributed by atoms with E-state index in [0.29, 0.717) is 17.0 Å². The number of carbonyl (C=O) groups is 6. The molecule has 0 unspecified atom stereocenters. The predicted molar refractivity (Wildman–Crippen MR) is 215 cm³/mol. The third kappa shape index (κ3) is 11.0. The minimum Gasteiger partial charge on any atom is -0.497 e. The molecule has 0 radical (unpaired) electrons. The van der Waals surface area contributed by atoms with E-state index >= 15 is 0 Å². The molecular weight excluding hydrogens is 745 g/mol. The molecule has 4 aromatic rings. The molecule has 1 aliphatic heterocycles. The lowest BCUT2D eigenvalue weighted by Gasteiger charge is -2.32. The quantitative estimate of drug-likeness (QED) is 0.130. The van der Waals surface area contributed by atoms with Gasteiger partial charge in [0.15, 0.2) is 5.69 Å². The van der Waals surface area contributed by atoms with Crippen LogP contribution in [-0.4, -0.2) is 111 Å². The molecule has 1 aliphatic rings. The Kier molecular flexibility index (Phi) is 14.2. The number of fused-ring (bicyclic) bond motifs is 1. The highest BCUT2D eigenvalue weighted by Crippen LogP contribution is 2.20. The molecule has 3 heterocycles. The van der Waals surface area contributed by atoms with E-state index in [4.69, 9.17) is 4.74 Å². The number of nitrogens with zero attached hydrogens (tertiary/aromatic N) is 3. The number of rotatable bonds is 9. The number of nitrogens with one attached hydrogen (secondary N) is 7. The lowest BCUT2D eigenvalue weighted by Crippen LogP contribution is -2.60. The molecule has 0 saturated carbocycles. The molecule has 5 atom stereocenters. The summed E-state index contributed by atoms with van der Waals surface area (Å²) in [6.45, 7) is 9.97. The number of hydrogen-bond donors (Lipinski definition) is 7. The SMILES string of the molecule is COc1ccc(C[C@@H]2NC(=O)[C@H](CC(C)C)NC(=O)[C@@H](Cc3c[nH]c4ccccc34)NC(=O)CN(C(=O)c3n[nH]nc3C)C[C@H](C(C)C)NC(=O)[C@@H](C)NC2=O)cc1. The van der Waals surface area contributed by atoms with Gasteiger partial charge in [0.1, 0.15) is 29.9 Å². The third-order valence-corrected chi connectivity index (χ3v) is 10.2. The molecule has 310 valence electrons. The molecule has 7 N–H and O–H groups in total. The fraction of sp³-hybridized carbons (Fsp3) is 0.463. The summed E-state index contributed by atoms with van der Waals surface area (Å²) >= 11 is 0. The minimum absolute atomic E-state index is 0.0112. The zero-order chi connectivity index (χ0) is 42.1. The summed E-state index contributed by atoms with van der Waals surface area (Å²) < 4.78 is 5.28. The van der Waals surface area contributed by atoms with Crippen molar-refractivity contribution in [2.75, 3.05) is 20.2 Å². The normalized spacial score (nSPS) is 21.8. The molecule has 58 heavy (non-hydrogen) atoms. The largest absolute Gasteiger partial charge is 0.497 e. The molecule has 2 aromatic heterocycles. The van der Waals surface area contributed by atoms with Gasteiger partial charge in [0.25, 0.3) is 5.91 Å². The average Bonchev–Trinajstić information content (AvgIpc) is 3.81. The summed E-state index contributed by atoms with van der Waals surface area (Å²) in [5.41, 5.74) is 2.57. The molecular formula is C41H54N10O7. The maximum absolute atomic E-state index is 14.4. The highest BCUT2D eigenvalue weighted by atomic mass is 16.5. The molecule has 0 bridgehead atoms. The maximum atomic E-state index is 14.4. The third-order valence-electron chi connectivity index (χ3n) is 10.2. The van der Waals surface area contributed by atoms with Gasteiger partial charge in [0, 0.05) is 42.5 Å². The van der Waals surface area contributed by atoms with Crippen molar-refractivity contribution in [3.8, 4) is 5.75 Å².